The molecule has 3 heteroatoms. The van der Waals surface area contributed by atoms with Crippen LogP contribution in [0.4, 0.5) is 0 Å². The summed E-state index contributed by atoms with van der Waals surface area (Å²) < 4.78 is 10.5. The van der Waals surface area contributed by atoms with Crippen LogP contribution in [0.15, 0.2) is 36.9 Å². The van der Waals surface area contributed by atoms with Crippen molar-refractivity contribution in [2.24, 2.45) is 0 Å². The highest BCUT2D eigenvalue weighted by Gasteiger charge is 2.00. The van der Waals surface area contributed by atoms with Crippen LogP contribution in [0.3, 0.4) is 0 Å². The summed E-state index contributed by atoms with van der Waals surface area (Å²) in [5.41, 5.74) is 1.24. The molecule has 0 aromatic heterocycles. The lowest BCUT2D eigenvalue weighted by Gasteiger charge is -2.12. The van der Waals surface area contributed by atoms with Gasteiger partial charge in [0.05, 0.1) is 6.61 Å². The van der Waals surface area contributed by atoms with Crippen molar-refractivity contribution in [3.63, 3.8) is 0 Å². The monoisotopic (exact) mass is 235 g/mol. The summed E-state index contributed by atoms with van der Waals surface area (Å²) in [5, 5.41) is 3.38. The number of nitrogens with one attached hydrogen (secondary N) is 1. The standard InChI is InChI=1S/C14H21NO2/c1-4-9-17-14-7-5-13(6-8-14)10-15-12(2)11-16-3/h4-8,12,15H,1,9-11H2,2-3H3. The summed E-state index contributed by atoms with van der Waals surface area (Å²) in [4.78, 5) is 0. The predicted molar refractivity (Wildman–Crippen MR) is 70.3 cm³/mol. The van der Waals surface area contributed by atoms with Crippen molar-refractivity contribution in [2.75, 3.05) is 20.3 Å². The molecule has 0 spiro atoms. The average molecular weight is 235 g/mol. The molecule has 3 nitrogen and oxygen atoms in total. The molecule has 0 fully saturated rings. The van der Waals surface area contributed by atoms with Gasteiger partial charge in [0, 0.05) is 19.7 Å². The van der Waals surface area contributed by atoms with Gasteiger partial charge in [-0.25, -0.2) is 0 Å². The Hall–Kier alpha value is -1.32. The van der Waals surface area contributed by atoms with Gasteiger partial charge in [-0.2, -0.15) is 0 Å². The molecule has 0 saturated heterocycles. The third kappa shape index (κ3) is 5.52. The zero-order valence-corrected chi connectivity index (χ0v) is 10.6. The minimum absolute atomic E-state index is 0.358. The number of hydrogen-bond donors (Lipinski definition) is 1. The van der Waals surface area contributed by atoms with Crippen LogP contribution in [0, 0.1) is 0 Å². The Bertz CT molecular complexity index is 321. The van der Waals surface area contributed by atoms with Gasteiger partial charge >= 0.3 is 0 Å². The van der Waals surface area contributed by atoms with Gasteiger partial charge in [0.1, 0.15) is 12.4 Å². The minimum atomic E-state index is 0.358. The highest BCUT2D eigenvalue weighted by atomic mass is 16.5. The second kappa shape index (κ2) is 7.87. The Balaban J connectivity index is 2.37. The number of rotatable bonds is 8. The maximum absolute atomic E-state index is 5.42. The maximum Gasteiger partial charge on any atom is 0.119 e. The molecule has 1 aromatic carbocycles. The first-order chi connectivity index (χ1) is 8.26. The maximum atomic E-state index is 5.42. The molecule has 94 valence electrons. The van der Waals surface area contributed by atoms with E-state index < -0.39 is 0 Å². The molecule has 0 bridgehead atoms. The van der Waals surface area contributed by atoms with Crippen LogP contribution < -0.4 is 10.1 Å². The predicted octanol–water partition coefficient (Wildman–Crippen LogP) is 2.38. The van der Waals surface area contributed by atoms with Crippen LogP contribution >= 0.6 is 0 Å². The topological polar surface area (TPSA) is 30.5 Å². The van der Waals surface area contributed by atoms with E-state index in [0.717, 1.165) is 18.9 Å². The Labute approximate surface area is 103 Å². The number of ether oxygens (including phenoxy) is 2. The van der Waals surface area contributed by atoms with Crippen LogP contribution in [0.2, 0.25) is 0 Å². The normalized spacial score (nSPS) is 12.1. The molecule has 0 aliphatic rings. The Kier molecular flexibility index (Phi) is 6.37. The summed E-state index contributed by atoms with van der Waals surface area (Å²) in [7, 11) is 1.71. The third-order valence-corrected chi connectivity index (χ3v) is 2.36. The Morgan fingerprint density at radius 2 is 2.06 bits per heavy atom. The van der Waals surface area contributed by atoms with E-state index in [1.165, 1.54) is 5.56 Å². The SMILES string of the molecule is C=CCOc1ccc(CNC(C)COC)cc1. The molecule has 1 unspecified atom stereocenters. The summed E-state index contributed by atoms with van der Waals surface area (Å²) >= 11 is 0. The van der Waals surface area contributed by atoms with Crippen molar-refractivity contribution >= 4 is 0 Å². The van der Waals surface area contributed by atoms with Gasteiger partial charge in [-0.05, 0) is 24.6 Å². The number of hydrogen-bond acceptors (Lipinski definition) is 3. The van der Waals surface area contributed by atoms with Crippen molar-refractivity contribution in [1.29, 1.82) is 0 Å². The van der Waals surface area contributed by atoms with Crippen molar-refractivity contribution in [3.05, 3.63) is 42.5 Å². The van der Waals surface area contributed by atoms with Crippen LogP contribution in [-0.2, 0) is 11.3 Å². The van der Waals surface area contributed by atoms with Crippen molar-refractivity contribution in [2.45, 2.75) is 19.5 Å². The second-order valence-electron chi connectivity index (χ2n) is 3.98. The van der Waals surface area contributed by atoms with Gasteiger partial charge in [-0.3, -0.25) is 0 Å². The molecule has 0 radical (unpaired) electrons. The third-order valence-electron chi connectivity index (χ3n) is 2.36. The highest BCUT2D eigenvalue weighted by Crippen LogP contribution is 2.12. The van der Waals surface area contributed by atoms with Gasteiger partial charge in [-0.15, -0.1) is 0 Å². The van der Waals surface area contributed by atoms with Gasteiger partial charge < -0.3 is 14.8 Å². The summed E-state index contributed by atoms with van der Waals surface area (Å²) in [6.07, 6.45) is 1.74. The van der Waals surface area contributed by atoms with Crippen molar-refractivity contribution in [1.82, 2.24) is 5.32 Å². The molecular weight excluding hydrogens is 214 g/mol. The van der Waals surface area contributed by atoms with E-state index in [0.29, 0.717) is 12.6 Å². The van der Waals surface area contributed by atoms with Gasteiger partial charge in [0.15, 0.2) is 0 Å². The first-order valence-corrected chi connectivity index (χ1v) is 5.81. The Morgan fingerprint density at radius 1 is 1.35 bits per heavy atom. The summed E-state index contributed by atoms with van der Waals surface area (Å²) in [6, 6.07) is 8.43. The van der Waals surface area contributed by atoms with Crippen LogP contribution in [0.25, 0.3) is 0 Å². The van der Waals surface area contributed by atoms with Gasteiger partial charge in [0.2, 0.25) is 0 Å². The van der Waals surface area contributed by atoms with Crippen molar-refractivity contribution < 1.29 is 9.47 Å². The number of benzene rings is 1. The van der Waals surface area contributed by atoms with E-state index in [4.69, 9.17) is 9.47 Å². The quantitative estimate of drug-likeness (QED) is 0.702. The second-order valence-corrected chi connectivity index (χ2v) is 3.98. The zero-order chi connectivity index (χ0) is 12.5. The fourth-order valence-corrected chi connectivity index (χ4v) is 1.46. The van der Waals surface area contributed by atoms with E-state index in [1.807, 2.05) is 12.1 Å². The molecular formula is C14H21NO2. The van der Waals surface area contributed by atoms with Gasteiger partial charge in [-0.1, -0.05) is 24.8 Å². The first kappa shape index (κ1) is 13.7. The fraction of sp³-hybridized carbons (Fsp3) is 0.429. The molecule has 0 amide bonds. The van der Waals surface area contributed by atoms with E-state index in [1.54, 1.807) is 13.2 Å². The van der Waals surface area contributed by atoms with Crippen LogP contribution in [0.1, 0.15) is 12.5 Å². The molecule has 0 aliphatic heterocycles. The largest absolute Gasteiger partial charge is 0.490 e. The Morgan fingerprint density at radius 3 is 2.65 bits per heavy atom. The molecule has 1 aromatic rings. The molecule has 17 heavy (non-hydrogen) atoms. The van der Waals surface area contributed by atoms with Crippen molar-refractivity contribution in [3.8, 4) is 5.75 Å². The van der Waals surface area contributed by atoms with E-state index in [2.05, 4.69) is 31.0 Å². The lowest BCUT2D eigenvalue weighted by Crippen LogP contribution is -2.29. The first-order valence-electron chi connectivity index (χ1n) is 5.81. The average Bonchev–Trinajstić information content (AvgIpc) is 2.35. The smallest absolute Gasteiger partial charge is 0.119 e. The summed E-state index contributed by atoms with van der Waals surface area (Å²) in [6.45, 7) is 7.82. The van der Waals surface area contributed by atoms with Crippen LogP contribution in [0.5, 0.6) is 5.75 Å². The minimum Gasteiger partial charge on any atom is -0.490 e. The lowest BCUT2D eigenvalue weighted by molar-refractivity contribution is 0.171. The molecule has 0 saturated carbocycles. The lowest BCUT2D eigenvalue weighted by atomic mass is 10.2. The summed E-state index contributed by atoms with van der Waals surface area (Å²) in [5.74, 6) is 0.874. The van der Waals surface area contributed by atoms with E-state index in [9.17, 15) is 0 Å². The zero-order valence-electron chi connectivity index (χ0n) is 10.6. The highest BCUT2D eigenvalue weighted by molar-refractivity contribution is 5.27. The van der Waals surface area contributed by atoms with E-state index >= 15 is 0 Å². The molecule has 0 heterocycles. The molecule has 0 aliphatic carbocycles. The van der Waals surface area contributed by atoms with Gasteiger partial charge in [0.25, 0.3) is 0 Å². The van der Waals surface area contributed by atoms with Crippen LogP contribution in [-0.4, -0.2) is 26.4 Å². The fourth-order valence-electron chi connectivity index (χ4n) is 1.46. The molecule has 1 rings (SSSR count). The van der Waals surface area contributed by atoms with E-state index in [-0.39, 0.29) is 0 Å². The molecule has 1 atom stereocenters. The molecule has 1 N–H and O–H groups in total. The number of methoxy groups -OCH3 is 1.